The van der Waals surface area contributed by atoms with Crippen molar-refractivity contribution in [2.75, 3.05) is 13.6 Å². The smallest absolute Gasteiger partial charge is 0.108 e. The minimum Gasteiger partial charge on any atom is -0.342 e. The topological polar surface area (TPSA) is 49.7 Å². The lowest BCUT2D eigenvalue weighted by Crippen LogP contribution is -2.23. The molecular weight excluding hydrogens is 322 g/mol. The predicted molar refractivity (Wildman–Crippen MR) is 98.2 cm³/mol. The molecule has 2 heterocycles. The van der Waals surface area contributed by atoms with Crippen LogP contribution in [0, 0.1) is 5.92 Å². The third-order valence-electron chi connectivity index (χ3n) is 4.02. The molecule has 0 aliphatic carbocycles. The van der Waals surface area contributed by atoms with E-state index in [-0.39, 0.29) is 0 Å². The molecule has 0 atom stereocenters. The molecular formula is C18H24ClN5. The summed E-state index contributed by atoms with van der Waals surface area (Å²) in [6.45, 7) is 7.27. The van der Waals surface area contributed by atoms with Crippen molar-refractivity contribution in [3.8, 4) is 0 Å². The Morgan fingerprint density at radius 2 is 2.17 bits per heavy atom. The maximum absolute atomic E-state index is 6.02. The number of halogens is 1. The van der Waals surface area contributed by atoms with Crippen molar-refractivity contribution in [3.63, 3.8) is 0 Å². The molecule has 3 aromatic rings. The van der Waals surface area contributed by atoms with E-state index in [0.29, 0.717) is 5.92 Å². The van der Waals surface area contributed by atoms with Crippen LogP contribution in [0.25, 0.3) is 11.0 Å². The summed E-state index contributed by atoms with van der Waals surface area (Å²) in [5, 5.41) is 0.730. The van der Waals surface area contributed by atoms with Crippen molar-refractivity contribution < 1.29 is 0 Å². The van der Waals surface area contributed by atoms with Crippen LogP contribution in [0.15, 0.2) is 30.7 Å². The Kier molecular flexibility index (Phi) is 5.21. The van der Waals surface area contributed by atoms with E-state index in [9.17, 15) is 0 Å². The van der Waals surface area contributed by atoms with E-state index in [1.54, 1.807) is 0 Å². The first-order valence-electron chi connectivity index (χ1n) is 8.33. The quantitative estimate of drug-likeness (QED) is 0.709. The molecule has 0 saturated heterocycles. The third-order valence-corrected chi connectivity index (χ3v) is 4.25. The van der Waals surface area contributed by atoms with E-state index in [1.807, 2.05) is 30.7 Å². The zero-order valence-electron chi connectivity index (χ0n) is 14.5. The summed E-state index contributed by atoms with van der Waals surface area (Å²) in [5.41, 5.74) is 3.21. The molecule has 0 unspecified atom stereocenters. The minimum absolute atomic E-state index is 0.616. The molecule has 1 aromatic carbocycles. The first-order valence-corrected chi connectivity index (χ1v) is 8.71. The van der Waals surface area contributed by atoms with Gasteiger partial charge in [0.15, 0.2) is 0 Å². The number of benzene rings is 1. The number of likely N-dealkylation sites (N-methyl/N-ethyl adjacent to an activating group) is 1. The number of nitrogens with one attached hydrogen (secondary N) is 1. The standard InChI is InChI=1S/C18H24ClN5/c1-13(2)10-24-12-20-9-15(24)11-23(3)7-6-18-21-16-5-4-14(19)8-17(16)22-18/h4-5,8-9,12-13H,6-7,10-11H2,1-3H3,(H,21,22). The van der Waals surface area contributed by atoms with Gasteiger partial charge in [0.05, 0.1) is 23.1 Å². The van der Waals surface area contributed by atoms with Crippen molar-refractivity contribution in [1.82, 2.24) is 24.4 Å². The van der Waals surface area contributed by atoms with Crippen LogP contribution in [-0.4, -0.2) is 38.0 Å². The van der Waals surface area contributed by atoms with Crippen LogP contribution in [0.4, 0.5) is 0 Å². The first kappa shape index (κ1) is 17.0. The highest BCUT2D eigenvalue weighted by atomic mass is 35.5. The zero-order valence-corrected chi connectivity index (χ0v) is 15.2. The first-order chi connectivity index (χ1) is 11.5. The van der Waals surface area contributed by atoms with E-state index in [0.717, 1.165) is 47.9 Å². The van der Waals surface area contributed by atoms with Gasteiger partial charge in [-0.25, -0.2) is 9.97 Å². The van der Waals surface area contributed by atoms with Crippen LogP contribution in [0.3, 0.4) is 0 Å². The second kappa shape index (κ2) is 7.36. The second-order valence-corrected chi connectivity index (χ2v) is 7.20. The minimum atomic E-state index is 0.616. The number of nitrogens with zero attached hydrogens (tertiary/aromatic N) is 4. The van der Waals surface area contributed by atoms with Crippen LogP contribution < -0.4 is 0 Å². The molecule has 0 bridgehead atoms. The number of rotatable bonds is 7. The Hall–Kier alpha value is -1.85. The molecule has 1 N–H and O–H groups in total. The summed E-state index contributed by atoms with van der Waals surface area (Å²) in [5.74, 6) is 1.61. The Labute approximate surface area is 147 Å². The highest BCUT2D eigenvalue weighted by Gasteiger charge is 2.09. The van der Waals surface area contributed by atoms with Gasteiger partial charge in [-0.3, -0.25) is 0 Å². The molecule has 3 rings (SSSR count). The van der Waals surface area contributed by atoms with Gasteiger partial charge in [-0.15, -0.1) is 0 Å². The fourth-order valence-corrected chi connectivity index (χ4v) is 3.02. The van der Waals surface area contributed by atoms with Gasteiger partial charge < -0.3 is 14.5 Å². The summed E-state index contributed by atoms with van der Waals surface area (Å²) < 4.78 is 2.24. The van der Waals surface area contributed by atoms with E-state index in [1.165, 1.54) is 5.69 Å². The molecule has 0 spiro atoms. The molecule has 0 saturated carbocycles. The van der Waals surface area contributed by atoms with E-state index in [4.69, 9.17) is 11.6 Å². The van der Waals surface area contributed by atoms with Gasteiger partial charge in [-0.2, -0.15) is 0 Å². The summed E-state index contributed by atoms with van der Waals surface area (Å²) in [4.78, 5) is 14.6. The highest BCUT2D eigenvalue weighted by Crippen LogP contribution is 2.17. The lowest BCUT2D eigenvalue weighted by Gasteiger charge is -2.18. The van der Waals surface area contributed by atoms with E-state index < -0.39 is 0 Å². The summed E-state index contributed by atoms with van der Waals surface area (Å²) in [6.07, 6.45) is 4.76. The van der Waals surface area contributed by atoms with Gasteiger partial charge in [-0.05, 0) is 31.2 Å². The molecule has 0 radical (unpaired) electrons. The fraction of sp³-hybridized carbons (Fsp3) is 0.444. The Balaban J connectivity index is 1.58. The van der Waals surface area contributed by atoms with Crippen LogP contribution in [-0.2, 0) is 19.5 Å². The number of imidazole rings is 2. The Morgan fingerprint density at radius 3 is 2.96 bits per heavy atom. The van der Waals surface area contributed by atoms with Crippen LogP contribution in [0.5, 0.6) is 0 Å². The number of hydrogen-bond donors (Lipinski definition) is 1. The summed E-state index contributed by atoms with van der Waals surface area (Å²) in [7, 11) is 2.13. The second-order valence-electron chi connectivity index (χ2n) is 6.76. The van der Waals surface area contributed by atoms with Gasteiger partial charge >= 0.3 is 0 Å². The largest absolute Gasteiger partial charge is 0.342 e. The average molecular weight is 346 g/mol. The maximum atomic E-state index is 6.02. The number of aromatic amines is 1. The van der Waals surface area contributed by atoms with Crippen LogP contribution >= 0.6 is 11.6 Å². The van der Waals surface area contributed by atoms with Crippen LogP contribution in [0.2, 0.25) is 5.02 Å². The van der Waals surface area contributed by atoms with Crippen molar-refractivity contribution in [3.05, 3.63) is 47.3 Å². The zero-order chi connectivity index (χ0) is 17.1. The Morgan fingerprint density at radius 1 is 1.33 bits per heavy atom. The molecule has 0 aliphatic heterocycles. The molecule has 0 aliphatic rings. The molecule has 0 amide bonds. The van der Waals surface area contributed by atoms with Gasteiger partial charge in [0, 0.05) is 37.3 Å². The average Bonchev–Trinajstić information content (AvgIpc) is 3.11. The number of hydrogen-bond acceptors (Lipinski definition) is 3. The number of fused-ring (bicyclic) bond motifs is 1. The lowest BCUT2D eigenvalue weighted by atomic mass is 10.2. The van der Waals surface area contributed by atoms with E-state index >= 15 is 0 Å². The number of H-pyrrole nitrogens is 1. The van der Waals surface area contributed by atoms with Gasteiger partial charge in [0.1, 0.15) is 5.82 Å². The maximum Gasteiger partial charge on any atom is 0.108 e. The van der Waals surface area contributed by atoms with Gasteiger partial charge in [0.2, 0.25) is 0 Å². The molecule has 0 fully saturated rings. The third kappa shape index (κ3) is 4.16. The molecule has 5 nitrogen and oxygen atoms in total. The lowest BCUT2D eigenvalue weighted by molar-refractivity contribution is 0.316. The van der Waals surface area contributed by atoms with Gasteiger partial charge in [-0.1, -0.05) is 25.4 Å². The molecule has 6 heteroatoms. The van der Waals surface area contributed by atoms with Crippen molar-refractivity contribution in [2.45, 2.75) is 33.4 Å². The Bertz CT molecular complexity index is 805. The summed E-state index contributed by atoms with van der Waals surface area (Å²) in [6, 6.07) is 5.74. The van der Waals surface area contributed by atoms with E-state index in [2.05, 4.69) is 45.3 Å². The molecule has 128 valence electrons. The summed E-state index contributed by atoms with van der Waals surface area (Å²) >= 11 is 6.02. The highest BCUT2D eigenvalue weighted by molar-refractivity contribution is 6.31. The normalized spacial score (nSPS) is 11.9. The fourth-order valence-electron chi connectivity index (χ4n) is 2.84. The van der Waals surface area contributed by atoms with Crippen LogP contribution in [0.1, 0.15) is 25.4 Å². The van der Waals surface area contributed by atoms with Gasteiger partial charge in [0.25, 0.3) is 0 Å². The molecule has 2 aromatic heterocycles. The predicted octanol–water partition coefficient (Wildman–Crippen LogP) is 3.74. The van der Waals surface area contributed by atoms with Crippen molar-refractivity contribution in [1.29, 1.82) is 0 Å². The monoisotopic (exact) mass is 345 g/mol. The SMILES string of the molecule is CC(C)Cn1cncc1CN(C)CCc1nc2ccc(Cl)cc2[nH]1. The van der Waals surface area contributed by atoms with Crippen molar-refractivity contribution in [2.24, 2.45) is 5.92 Å². The number of aromatic nitrogens is 4. The van der Waals surface area contributed by atoms with Crippen molar-refractivity contribution >= 4 is 22.6 Å². The molecule has 24 heavy (non-hydrogen) atoms.